The molecule has 0 unspecified atom stereocenters. The zero-order valence-corrected chi connectivity index (χ0v) is 12.7. The fourth-order valence-corrected chi connectivity index (χ4v) is 2.04. The molecule has 0 bridgehead atoms. The second kappa shape index (κ2) is 7.84. The van der Waals surface area contributed by atoms with Crippen LogP contribution in [0.15, 0.2) is 0 Å². The molecule has 7 heteroatoms. The van der Waals surface area contributed by atoms with E-state index in [1.165, 1.54) is 0 Å². The van der Waals surface area contributed by atoms with Crippen LogP contribution < -0.4 is 15.4 Å². The minimum Gasteiger partial charge on any atom is -0.461 e. The Hall–Kier alpha value is -1.63. The van der Waals surface area contributed by atoms with Crippen molar-refractivity contribution in [1.82, 2.24) is 15.0 Å². The molecule has 3 N–H and O–H groups in total. The lowest BCUT2D eigenvalue weighted by molar-refractivity contribution is 0.221. The molecule has 0 aliphatic carbocycles. The number of aliphatic hydroxyl groups excluding tert-OH is 1. The van der Waals surface area contributed by atoms with Gasteiger partial charge in [0, 0.05) is 12.6 Å². The van der Waals surface area contributed by atoms with Crippen LogP contribution in [0.2, 0.25) is 0 Å². The molecule has 0 fully saturated rings. The Morgan fingerprint density at radius 1 is 1.20 bits per heavy atom. The molecule has 0 amide bonds. The first-order chi connectivity index (χ1) is 9.51. The molecule has 0 spiro atoms. The number of nitrogen functional groups attached to an aromatic ring is 1. The lowest BCUT2D eigenvalue weighted by Crippen LogP contribution is -2.38. The number of ether oxygens (including phenoxy) is 1. The average molecular weight is 283 g/mol. The average Bonchev–Trinajstić information content (AvgIpc) is 2.37. The summed E-state index contributed by atoms with van der Waals surface area (Å²) in [6.45, 7) is 8.46. The maximum absolute atomic E-state index is 9.25. The van der Waals surface area contributed by atoms with Gasteiger partial charge in [-0.15, -0.1) is 0 Å². The fourth-order valence-electron chi connectivity index (χ4n) is 2.04. The maximum atomic E-state index is 9.25. The Bertz CT molecular complexity index is 410. The van der Waals surface area contributed by atoms with Crippen molar-refractivity contribution >= 4 is 11.9 Å². The van der Waals surface area contributed by atoms with E-state index in [2.05, 4.69) is 28.8 Å². The molecule has 0 atom stereocenters. The SMILES string of the molecule is CCC(CC)N(CCO)c1nc(N)nc(OC(C)C)n1. The molecule has 0 aliphatic rings. The summed E-state index contributed by atoms with van der Waals surface area (Å²) in [6, 6.07) is 0.465. The summed E-state index contributed by atoms with van der Waals surface area (Å²) in [4.78, 5) is 14.4. The van der Waals surface area contributed by atoms with Crippen LogP contribution >= 0.6 is 0 Å². The summed E-state index contributed by atoms with van der Waals surface area (Å²) in [6.07, 6.45) is 1.83. The number of anilines is 2. The second-order valence-electron chi connectivity index (χ2n) is 4.83. The molecular formula is C13H25N5O2. The lowest BCUT2D eigenvalue weighted by atomic mass is 10.1. The van der Waals surface area contributed by atoms with Crippen LogP contribution in [-0.2, 0) is 0 Å². The minimum absolute atomic E-state index is 0.0302. The van der Waals surface area contributed by atoms with Gasteiger partial charge < -0.3 is 20.5 Å². The van der Waals surface area contributed by atoms with Crippen LogP contribution in [0.4, 0.5) is 11.9 Å². The van der Waals surface area contributed by atoms with Gasteiger partial charge in [0.25, 0.3) is 0 Å². The van der Waals surface area contributed by atoms with E-state index in [9.17, 15) is 5.11 Å². The summed E-state index contributed by atoms with van der Waals surface area (Å²) in [7, 11) is 0. The number of nitrogens with two attached hydrogens (primary N) is 1. The number of hydrogen-bond donors (Lipinski definition) is 2. The van der Waals surface area contributed by atoms with Gasteiger partial charge in [-0.1, -0.05) is 13.8 Å². The van der Waals surface area contributed by atoms with Gasteiger partial charge in [0.05, 0.1) is 12.7 Å². The molecule has 0 aromatic carbocycles. The third-order valence-corrected chi connectivity index (χ3v) is 2.94. The first-order valence-corrected chi connectivity index (χ1v) is 7.07. The monoisotopic (exact) mass is 283 g/mol. The molecule has 1 rings (SSSR count). The van der Waals surface area contributed by atoms with Gasteiger partial charge in [-0.05, 0) is 26.7 Å². The van der Waals surface area contributed by atoms with Crippen molar-refractivity contribution in [1.29, 1.82) is 0 Å². The summed E-state index contributed by atoms with van der Waals surface area (Å²) in [5.74, 6) is 0.579. The maximum Gasteiger partial charge on any atom is 0.323 e. The number of nitrogens with zero attached hydrogens (tertiary/aromatic N) is 4. The highest BCUT2D eigenvalue weighted by atomic mass is 16.5. The molecule has 0 radical (unpaired) electrons. The number of hydrogen-bond acceptors (Lipinski definition) is 7. The Kier molecular flexibility index (Phi) is 6.44. The van der Waals surface area contributed by atoms with Crippen molar-refractivity contribution in [2.24, 2.45) is 0 Å². The smallest absolute Gasteiger partial charge is 0.323 e. The van der Waals surface area contributed by atoms with Crippen molar-refractivity contribution in [2.45, 2.75) is 52.7 Å². The second-order valence-corrected chi connectivity index (χ2v) is 4.83. The number of rotatable bonds is 8. The van der Waals surface area contributed by atoms with E-state index < -0.39 is 0 Å². The van der Waals surface area contributed by atoms with Gasteiger partial charge >= 0.3 is 6.01 Å². The zero-order valence-electron chi connectivity index (χ0n) is 12.7. The molecule has 0 saturated heterocycles. The predicted molar refractivity (Wildman–Crippen MR) is 78.8 cm³/mol. The molecule has 0 saturated carbocycles. The fraction of sp³-hybridized carbons (Fsp3) is 0.769. The van der Waals surface area contributed by atoms with E-state index in [-0.39, 0.29) is 30.7 Å². The highest BCUT2D eigenvalue weighted by Crippen LogP contribution is 2.19. The molecule has 20 heavy (non-hydrogen) atoms. The summed E-state index contributed by atoms with van der Waals surface area (Å²) < 4.78 is 5.48. The quantitative estimate of drug-likeness (QED) is 0.740. The summed E-state index contributed by atoms with van der Waals surface area (Å²) in [5, 5.41) is 9.25. The van der Waals surface area contributed by atoms with Gasteiger partial charge in [-0.2, -0.15) is 15.0 Å². The summed E-state index contributed by atoms with van der Waals surface area (Å²) >= 11 is 0. The van der Waals surface area contributed by atoms with Crippen molar-refractivity contribution < 1.29 is 9.84 Å². The van der Waals surface area contributed by atoms with Gasteiger partial charge in [0.2, 0.25) is 11.9 Å². The van der Waals surface area contributed by atoms with Gasteiger partial charge in [-0.25, -0.2) is 0 Å². The summed E-state index contributed by atoms with van der Waals surface area (Å²) in [5.41, 5.74) is 5.72. The number of aliphatic hydroxyl groups is 1. The van der Waals surface area contributed by atoms with Crippen LogP contribution in [0.1, 0.15) is 40.5 Å². The first-order valence-electron chi connectivity index (χ1n) is 7.07. The zero-order chi connectivity index (χ0) is 15.1. The molecule has 1 aromatic heterocycles. The van der Waals surface area contributed by atoms with Crippen LogP contribution in [0, 0.1) is 0 Å². The topological polar surface area (TPSA) is 97.4 Å². The van der Waals surface area contributed by atoms with E-state index in [1.54, 1.807) is 0 Å². The highest BCUT2D eigenvalue weighted by Gasteiger charge is 2.20. The van der Waals surface area contributed by atoms with Crippen molar-refractivity contribution in [3.8, 4) is 6.01 Å². The van der Waals surface area contributed by atoms with Crippen LogP contribution in [0.25, 0.3) is 0 Å². The van der Waals surface area contributed by atoms with Crippen molar-refractivity contribution in [3.63, 3.8) is 0 Å². The standard InChI is InChI=1S/C13H25N5O2/c1-5-10(6-2)18(7-8-19)12-15-11(14)16-13(17-12)20-9(3)4/h9-10,19H,5-8H2,1-4H3,(H2,14,15,16,17). The van der Waals surface area contributed by atoms with Crippen molar-refractivity contribution in [3.05, 3.63) is 0 Å². The van der Waals surface area contributed by atoms with Gasteiger partial charge in [0.15, 0.2) is 0 Å². The van der Waals surface area contributed by atoms with E-state index in [4.69, 9.17) is 10.5 Å². The van der Waals surface area contributed by atoms with Gasteiger partial charge in [-0.3, -0.25) is 0 Å². The molecule has 1 aromatic rings. The Morgan fingerprint density at radius 3 is 2.35 bits per heavy atom. The third-order valence-electron chi connectivity index (χ3n) is 2.94. The first kappa shape index (κ1) is 16.4. The van der Waals surface area contributed by atoms with Crippen LogP contribution in [-0.4, -0.2) is 45.4 Å². The van der Waals surface area contributed by atoms with Crippen LogP contribution in [0.3, 0.4) is 0 Å². The molecule has 0 aliphatic heterocycles. The van der Waals surface area contributed by atoms with Crippen LogP contribution in [0.5, 0.6) is 6.01 Å². The van der Waals surface area contributed by atoms with E-state index >= 15 is 0 Å². The Morgan fingerprint density at radius 2 is 1.85 bits per heavy atom. The molecule has 1 heterocycles. The lowest BCUT2D eigenvalue weighted by Gasteiger charge is -2.30. The highest BCUT2D eigenvalue weighted by molar-refractivity contribution is 5.37. The van der Waals surface area contributed by atoms with E-state index in [0.717, 1.165) is 12.8 Å². The largest absolute Gasteiger partial charge is 0.461 e. The Labute approximate surface area is 120 Å². The normalized spacial score (nSPS) is 11.2. The predicted octanol–water partition coefficient (Wildman–Crippen LogP) is 1.23. The third kappa shape index (κ3) is 4.48. The van der Waals surface area contributed by atoms with Crippen molar-refractivity contribution in [2.75, 3.05) is 23.8 Å². The van der Waals surface area contributed by atoms with E-state index in [0.29, 0.717) is 12.5 Å². The molecule has 7 nitrogen and oxygen atoms in total. The Balaban J connectivity index is 3.08. The number of aromatic nitrogens is 3. The molecular weight excluding hydrogens is 258 g/mol. The van der Waals surface area contributed by atoms with E-state index in [1.807, 2.05) is 18.7 Å². The van der Waals surface area contributed by atoms with Gasteiger partial charge in [0.1, 0.15) is 0 Å². The molecule has 114 valence electrons. The minimum atomic E-state index is -0.0379.